The summed E-state index contributed by atoms with van der Waals surface area (Å²) in [6.07, 6.45) is 0. The van der Waals surface area contributed by atoms with Gasteiger partial charge in [0.25, 0.3) is 5.69 Å². The van der Waals surface area contributed by atoms with E-state index in [-0.39, 0.29) is 23.1 Å². The molecule has 0 unspecified atom stereocenters. The first kappa shape index (κ1) is 15.6. The molecule has 8 heteroatoms. The molecular formula is C16H15N5O3. The number of H-pyrrole nitrogens is 1. The molecule has 1 aromatic heterocycles. The Morgan fingerprint density at radius 1 is 1.42 bits per heavy atom. The Morgan fingerprint density at radius 3 is 2.62 bits per heavy atom. The summed E-state index contributed by atoms with van der Waals surface area (Å²) in [4.78, 5) is 10.4. The van der Waals surface area contributed by atoms with E-state index in [0.29, 0.717) is 11.4 Å². The predicted molar refractivity (Wildman–Crippen MR) is 85.1 cm³/mol. The highest BCUT2D eigenvalue weighted by Crippen LogP contribution is 2.44. The van der Waals surface area contributed by atoms with Gasteiger partial charge in [0.05, 0.1) is 16.4 Å². The van der Waals surface area contributed by atoms with E-state index in [0.717, 1.165) is 11.3 Å². The summed E-state index contributed by atoms with van der Waals surface area (Å²) in [7, 11) is 0. The van der Waals surface area contributed by atoms with Crippen molar-refractivity contribution < 1.29 is 9.66 Å². The van der Waals surface area contributed by atoms with Crippen molar-refractivity contribution in [1.29, 1.82) is 5.26 Å². The van der Waals surface area contributed by atoms with Crippen LogP contribution in [0.25, 0.3) is 0 Å². The summed E-state index contributed by atoms with van der Waals surface area (Å²) >= 11 is 0. The number of hydrogen-bond donors (Lipinski definition) is 2. The van der Waals surface area contributed by atoms with Crippen LogP contribution < -0.4 is 10.5 Å². The molecule has 0 amide bonds. The maximum absolute atomic E-state index is 10.9. The normalized spacial score (nSPS) is 16.5. The predicted octanol–water partition coefficient (Wildman–Crippen LogP) is 2.66. The first-order valence-electron chi connectivity index (χ1n) is 7.34. The zero-order valence-electron chi connectivity index (χ0n) is 13.1. The number of allylic oxidation sites excluding steroid dienone is 1. The third-order valence-electron chi connectivity index (χ3n) is 3.98. The molecule has 0 aliphatic carbocycles. The number of nitrogens with one attached hydrogen (secondary N) is 1. The molecule has 122 valence electrons. The Morgan fingerprint density at radius 2 is 2.08 bits per heavy atom. The maximum atomic E-state index is 10.9. The number of nitro groups is 1. The second-order valence-corrected chi connectivity index (χ2v) is 5.78. The molecule has 8 nitrogen and oxygen atoms in total. The van der Waals surface area contributed by atoms with Gasteiger partial charge in [0.1, 0.15) is 11.6 Å². The lowest BCUT2D eigenvalue weighted by Crippen LogP contribution is -2.21. The van der Waals surface area contributed by atoms with E-state index in [1.807, 2.05) is 13.8 Å². The summed E-state index contributed by atoms with van der Waals surface area (Å²) in [6, 6.07) is 8.15. The van der Waals surface area contributed by atoms with E-state index in [2.05, 4.69) is 16.3 Å². The van der Waals surface area contributed by atoms with Gasteiger partial charge in [-0.2, -0.15) is 5.26 Å². The van der Waals surface area contributed by atoms with Crippen LogP contribution in [-0.2, 0) is 0 Å². The minimum atomic E-state index is -0.476. The summed E-state index contributed by atoms with van der Waals surface area (Å²) in [5.41, 5.74) is 8.41. The maximum Gasteiger partial charge on any atom is 0.269 e. The van der Waals surface area contributed by atoms with E-state index < -0.39 is 10.8 Å². The fourth-order valence-electron chi connectivity index (χ4n) is 2.83. The van der Waals surface area contributed by atoms with Gasteiger partial charge in [0.2, 0.25) is 11.8 Å². The number of rotatable bonds is 3. The van der Waals surface area contributed by atoms with Crippen LogP contribution in [0.4, 0.5) is 5.69 Å². The highest BCUT2D eigenvalue weighted by atomic mass is 16.6. The van der Waals surface area contributed by atoms with Crippen LogP contribution in [-0.4, -0.2) is 15.1 Å². The molecule has 0 radical (unpaired) electrons. The largest absolute Gasteiger partial charge is 0.420 e. The molecule has 0 spiro atoms. The molecule has 0 saturated heterocycles. The third-order valence-corrected chi connectivity index (χ3v) is 3.98. The molecule has 0 fully saturated rings. The van der Waals surface area contributed by atoms with Crippen LogP contribution >= 0.6 is 0 Å². The number of aromatic amines is 1. The molecule has 1 aliphatic rings. The van der Waals surface area contributed by atoms with Crippen molar-refractivity contribution in [2.45, 2.75) is 25.7 Å². The second kappa shape index (κ2) is 5.70. The second-order valence-electron chi connectivity index (χ2n) is 5.78. The van der Waals surface area contributed by atoms with Crippen LogP contribution in [0.5, 0.6) is 5.88 Å². The number of non-ortho nitro benzene ring substituents is 1. The topological polar surface area (TPSA) is 131 Å². The number of nitro benzene ring substituents is 1. The lowest BCUT2D eigenvalue weighted by molar-refractivity contribution is -0.384. The average Bonchev–Trinajstić information content (AvgIpc) is 2.97. The fourth-order valence-corrected chi connectivity index (χ4v) is 2.83. The van der Waals surface area contributed by atoms with Crippen LogP contribution in [0.1, 0.15) is 42.5 Å². The van der Waals surface area contributed by atoms with E-state index in [1.54, 1.807) is 12.1 Å². The number of fused-ring (bicyclic) bond motifs is 1. The van der Waals surface area contributed by atoms with Gasteiger partial charge in [-0.25, -0.2) is 0 Å². The minimum absolute atomic E-state index is 0.00448. The van der Waals surface area contributed by atoms with Gasteiger partial charge in [-0.1, -0.05) is 26.0 Å². The SMILES string of the molecule is CC(C)c1[nH]nc2c1[C@@H](c1ccc([N+](=O)[O-])cc1)C(C#N)=C(N)O2. The average molecular weight is 325 g/mol. The van der Waals surface area contributed by atoms with Gasteiger partial charge in [-0.3, -0.25) is 15.2 Å². The number of nitriles is 1. The van der Waals surface area contributed by atoms with Gasteiger partial charge in [-0.15, -0.1) is 5.10 Å². The van der Waals surface area contributed by atoms with Gasteiger partial charge in [-0.05, 0) is 11.5 Å². The van der Waals surface area contributed by atoms with Gasteiger partial charge >= 0.3 is 0 Å². The van der Waals surface area contributed by atoms with Crippen molar-refractivity contribution in [3.05, 3.63) is 62.7 Å². The Labute approximate surface area is 137 Å². The first-order valence-corrected chi connectivity index (χ1v) is 7.34. The zero-order valence-corrected chi connectivity index (χ0v) is 13.1. The molecule has 3 rings (SSSR count). The van der Waals surface area contributed by atoms with Crippen molar-refractivity contribution in [2.24, 2.45) is 5.73 Å². The number of benzene rings is 1. The smallest absolute Gasteiger partial charge is 0.269 e. The van der Waals surface area contributed by atoms with Gasteiger partial charge in [0, 0.05) is 17.8 Å². The van der Waals surface area contributed by atoms with Gasteiger partial charge < -0.3 is 10.5 Å². The van der Waals surface area contributed by atoms with E-state index in [9.17, 15) is 15.4 Å². The zero-order chi connectivity index (χ0) is 17.4. The lowest BCUT2D eigenvalue weighted by Gasteiger charge is -2.24. The van der Waals surface area contributed by atoms with Gasteiger partial charge in [0.15, 0.2) is 0 Å². The van der Waals surface area contributed by atoms with Crippen molar-refractivity contribution in [1.82, 2.24) is 10.2 Å². The highest BCUT2D eigenvalue weighted by molar-refractivity contribution is 5.56. The summed E-state index contributed by atoms with van der Waals surface area (Å²) in [5.74, 6) is -0.0194. The molecule has 1 aromatic carbocycles. The molecule has 0 saturated carbocycles. The standard InChI is InChI=1S/C16H15N5O3/c1-8(2)14-13-12(9-3-5-10(6-4-9)21(22)23)11(7-17)15(18)24-16(13)20-19-14/h3-6,8,12H,18H2,1-2H3,(H,19,20)/t12-/m0/s1. The van der Waals surface area contributed by atoms with Crippen LogP contribution in [0.3, 0.4) is 0 Å². The van der Waals surface area contributed by atoms with Crippen molar-refractivity contribution >= 4 is 5.69 Å². The number of ether oxygens (including phenoxy) is 1. The molecule has 1 aliphatic heterocycles. The van der Waals surface area contributed by atoms with Crippen molar-refractivity contribution in [3.8, 4) is 11.9 Å². The molecule has 1 atom stereocenters. The molecule has 0 bridgehead atoms. The highest BCUT2D eigenvalue weighted by Gasteiger charge is 2.35. The molecule has 2 aromatic rings. The van der Waals surface area contributed by atoms with Crippen molar-refractivity contribution in [2.75, 3.05) is 0 Å². The monoisotopic (exact) mass is 325 g/mol. The van der Waals surface area contributed by atoms with Crippen LogP contribution in [0.2, 0.25) is 0 Å². The summed E-state index contributed by atoms with van der Waals surface area (Å²) < 4.78 is 5.46. The lowest BCUT2D eigenvalue weighted by atomic mass is 9.82. The van der Waals surface area contributed by atoms with E-state index >= 15 is 0 Å². The van der Waals surface area contributed by atoms with Crippen LogP contribution in [0.15, 0.2) is 35.7 Å². The molecular weight excluding hydrogens is 310 g/mol. The molecule has 3 N–H and O–H groups in total. The van der Waals surface area contributed by atoms with Crippen LogP contribution in [0, 0.1) is 21.4 Å². The fraction of sp³-hybridized carbons (Fsp3) is 0.250. The van der Waals surface area contributed by atoms with Crippen molar-refractivity contribution in [3.63, 3.8) is 0 Å². The van der Waals surface area contributed by atoms with E-state index in [1.165, 1.54) is 12.1 Å². The quantitative estimate of drug-likeness (QED) is 0.658. The number of aromatic nitrogens is 2. The third kappa shape index (κ3) is 2.36. The molecule has 24 heavy (non-hydrogen) atoms. The number of nitrogens with zero attached hydrogens (tertiary/aromatic N) is 3. The Bertz CT molecular complexity index is 874. The number of nitrogens with two attached hydrogens (primary N) is 1. The Kier molecular flexibility index (Phi) is 3.69. The summed E-state index contributed by atoms with van der Waals surface area (Å²) in [6.45, 7) is 3.99. The first-order chi connectivity index (χ1) is 11.4. The van der Waals surface area contributed by atoms with E-state index in [4.69, 9.17) is 10.5 Å². The minimum Gasteiger partial charge on any atom is -0.420 e. The molecule has 2 heterocycles. The Hall–Kier alpha value is -3.34. The number of hydrogen-bond acceptors (Lipinski definition) is 6. The summed E-state index contributed by atoms with van der Waals surface area (Å²) in [5, 5.41) is 27.4. The Balaban J connectivity index is 2.19.